The van der Waals surface area contributed by atoms with Gasteiger partial charge in [0.05, 0.1) is 5.82 Å². The van der Waals surface area contributed by atoms with E-state index in [0.29, 0.717) is 19.4 Å². The molecule has 2 rings (SSSR count). The van der Waals surface area contributed by atoms with Crippen molar-refractivity contribution in [1.29, 1.82) is 0 Å². The van der Waals surface area contributed by atoms with Crippen LogP contribution in [0.25, 0.3) is 0 Å². The number of aromatic nitrogens is 1. The molecule has 0 amide bonds. The first-order valence-corrected chi connectivity index (χ1v) is 6.13. The third-order valence-electron chi connectivity index (χ3n) is 4.30. The lowest BCUT2D eigenvalue weighted by Gasteiger charge is -2.45. The second-order valence-corrected chi connectivity index (χ2v) is 5.22. The van der Waals surface area contributed by atoms with Gasteiger partial charge in [-0.3, -0.25) is 0 Å². The number of hydrogen-bond donors (Lipinski definition) is 1. The molecule has 1 unspecified atom stereocenters. The van der Waals surface area contributed by atoms with E-state index < -0.39 is 0 Å². The van der Waals surface area contributed by atoms with Crippen molar-refractivity contribution in [2.24, 2.45) is 0 Å². The molecule has 0 radical (unpaired) electrons. The molecule has 5 heteroatoms. The van der Waals surface area contributed by atoms with Gasteiger partial charge in [-0.05, 0) is 25.6 Å². The highest BCUT2D eigenvalue weighted by atomic mass is 15.3. The Morgan fingerprint density at radius 2 is 2.06 bits per heavy atom. The summed E-state index contributed by atoms with van der Waals surface area (Å²) in [6.45, 7) is 11.4. The van der Waals surface area contributed by atoms with E-state index in [1.807, 2.05) is 6.20 Å². The Hall–Kier alpha value is -0.830. The third kappa shape index (κ3) is 1.77. The Morgan fingerprint density at radius 3 is 2.62 bits per heavy atom. The number of nitrogens with zero attached hydrogens (tertiary/aromatic N) is 2. The second-order valence-electron chi connectivity index (χ2n) is 5.22. The van der Waals surface area contributed by atoms with Gasteiger partial charge in [0, 0.05) is 12.9 Å². The van der Waals surface area contributed by atoms with Crippen molar-refractivity contribution in [3.05, 3.63) is 17.8 Å². The topological polar surface area (TPSA) is 22.3 Å². The zero-order chi connectivity index (χ0) is 11.9. The molecule has 0 aliphatic carbocycles. The molecule has 2 heterocycles. The summed E-state index contributed by atoms with van der Waals surface area (Å²) in [5.41, 5.74) is 2.02. The quantitative estimate of drug-likeness (QED) is 0.728. The number of aromatic amines is 1. The Kier molecular flexibility index (Phi) is 3.06. The van der Waals surface area contributed by atoms with Crippen LogP contribution in [0.2, 0.25) is 19.4 Å². The van der Waals surface area contributed by atoms with E-state index in [1.165, 1.54) is 11.4 Å². The standard InChI is InChI=1S/C11H21B2N3/c1-9-6-7-14-11(9)16-8-15(5)12(3)10(2)13(16)4/h6-7,10,14H,8H2,1-5H3. The van der Waals surface area contributed by atoms with Crippen molar-refractivity contribution in [2.75, 3.05) is 18.5 Å². The van der Waals surface area contributed by atoms with Crippen LogP contribution in [-0.2, 0) is 0 Å². The Morgan fingerprint density at radius 1 is 1.38 bits per heavy atom. The summed E-state index contributed by atoms with van der Waals surface area (Å²) < 4.78 is 0. The van der Waals surface area contributed by atoms with Crippen LogP contribution in [0.15, 0.2) is 12.3 Å². The van der Waals surface area contributed by atoms with Gasteiger partial charge in [0.25, 0.3) is 6.85 Å². The summed E-state index contributed by atoms with van der Waals surface area (Å²) in [6.07, 6.45) is 2.03. The van der Waals surface area contributed by atoms with Crippen LogP contribution < -0.4 is 4.81 Å². The molecule has 0 saturated carbocycles. The summed E-state index contributed by atoms with van der Waals surface area (Å²) in [7, 11) is 2.21. The normalized spacial score (nSPS) is 23.1. The molecule has 1 fully saturated rings. The predicted octanol–water partition coefficient (Wildman–Crippen LogP) is 2.20. The molecule has 86 valence electrons. The van der Waals surface area contributed by atoms with Crippen molar-refractivity contribution < 1.29 is 0 Å². The molecule has 3 nitrogen and oxygen atoms in total. The number of hydrogen-bond acceptors (Lipinski definition) is 2. The second kappa shape index (κ2) is 4.21. The summed E-state index contributed by atoms with van der Waals surface area (Å²) in [5.74, 6) is 1.28. The van der Waals surface area contributed by atoms with Gasteiger partial charge in [-0.15, -0.1) is 0 Å². The minimum Gasteiger partial charge on any atom is -0.391 e. The van der Waals surface area contributed by atoms with Crippen LogP contribution in [0.4, 0.5) is 5.82 Å². The summed E-state index contributed by atoms with van der Waals surface area (Å²) in [5, 5.41) is 0. The van der Waals surface area contributed by atoms with E-state index in [9.17, 15) is 0 Å². The van der Waals surface area contributed by atoms with Crippen molar-refractivity contribution >= 4 is 19.5 Å². The fourth-order valence-corrected chi connectivity index (χ4v) is 2.61. The highest BCUT2D eigenvalue weighted by Crippen LogP contribution is 2.29. The average molecular weight is 217 g/mol. The molecule has 0 aromatic carbocycles. The highest BCUT2D eigenvalue weighted by molar-refractivity contribution is 6.80. The molecule has 16 heavy (non-hydrogen) atoms. The molecule has 1 aromatic rings. The maximum atomic E-state index is 3.36. The van der Waals surface area contributed by atoms with Gasteiger partial charge in [0.1, 0.15) is 0 Å². The molecule has 0 bridgehead atoms. The van der Waals surface area contributed by atoms with E-state index in [2.05, 4.69) is 55.2 Å². The first kappa shape index (κ1) is 11.6. The van der Waals surface area contributed by atoms with Crippen LogP contribution in [0.1, 0.15) is 12.5 Å². The fourth-order valence-electron chi connectivity index (χ4n) is 2.61. The maximum Gasteiger partial charge on any atom is 0.251 e. The van der Waals surface area contributed by atoms with E-state index in [0.717, 1.165) is 6.67 Å². The molecule has 1 aliphatic heterocycles. The van der Waals surface area contributed by atoms with E-state index in [-0.39, 0.29) is 0 Å². The Bertz CT molecular complexity index is 366. The van der Waals surface area contributed by atoms with Crippen molar-refractivity contribution in [2.45, 2.75) is 33.2 Å². The molecule has 1 saturated heterocycles. The number of aryl methyl sites for hydroxylation is 1. The molecular formula is C11H21B2N3. The molecule has 1 N–H and O–H groups in total. The molecule has 1 aliphatic rings. The zero-order valence-electron chi connectivity index (χ0n) is 11.0. The van der Waals surface area contributed by atoms with Crippen LogP contribution in [-0.4, -0.2) is 37.2 Å². The van der Waals surface area contributed by atoms with Gasteiger partial charge in [-0.1, -0.05) is 26.3 Å². The molecule has 0 spiro atoms. The van der Waals surface area contributed by atoms with E-state index in [1.54, 1.807) is 0 Å². The Balaban J connectivity index is 2.26. The van der Waals surface area contributed by atoms with Crippen molar-refractivity contribution in [1.82, 2.24) is 9.79 Å². The maximum absolute atomic E-state index is 3.36. The van der Waals surface area contributed by atoms with Crippen molar-refractivity contribution in [3.63, 3.8) is 0 Å². The number of nitrogens with one attached hydrogen (secondary N) is 1. The van der Waals surface area contributed by atoms with Crippen LogP contribution in [0.3, 0.4) is 0 Å². The SMILES string of the molecule is CB1C(C)B(C)N(c2[nH]ccc2C)CN1C. The summed E-state index contributed by atoms with van der Waals surface area (Å²) >= 11 is 0. The smallest absolute Gasteiger partial charge is 0.251 e. The van der Waals surface area contributed by atoms with E-state index in [4.69, 9.17) is 0 Å². The van der Waals surface area contributed by atoms with Gasteiger partial charge in [0.2, 0.25) is 6.85 Å². The first-order valence-electron chi connectivity index (χ1n) is 6.13. The van der Waals surface area contributed by atoms with Gasteiger partial charge in [-0.25, -0.2) is 0 Å². The van der Waals surface area contributed by atoms with Crippen LogP contribution >= 0.6 is 0 Å². The lowest BCUT2D eigenvalue weighted by molar-refractivity contribution is 0.517. The van der Waals surface area contributed by atoms with Crippen molar-refractivity contribution in [3.8, 4) is 0 Å². The van der Waals surface area contributed by atoms with Gasteiger partial charge in [-0.2, -0.15) is 0 Å². The minimum atomic E-state index is 0.587. The highest BCUT2D eigenvalue weighted by Gasteiger charge is 2.39. The number of anilines is 1. The van der Waals surface area contributed by atoms with Crippen LogP contribution in [0, 0.1) is 6.92 Å². The zero-order valence-corrected chi connectivity index (χ0v) is 11.0. The first-order chi connectivity index (χ1) is 7.52. The minimum absolute atomic E-state index is 0.587. The molecule has 1 atom stereocenters. The summed E-state index contributed by atoms with van der Waals surface area (Å²) in [4.78, 5) is 8.25. The van der Waals surface area contributed by atoms with Gasteiger partial charge < -0.3 is 14.6 Å². The molecular weight excluding hydrogens is 196 g/mol. The molecule has 1 aromatic heterocycles. The largest absolute Gasteiger partial charge is 0.391 e. The van der Waals surface area contributed by atoms with E-state index >= 15 is 0 Å². The lowest BCUT2D eigenvalue weighted by atomic mass is 9.31. The van der Waals surface area contributed by atoms with Gasteiger partial charge >= 0.3 is 0 Å². The average Bonchev–Trinajstić information content (AvgIpc) is 2.67. The summed E-state index contributed by atoms with van der Waals surface area (Å²) in [6, 6.07) is 2.14. The Labute approximate surface area is 99.4 Å². The fraction of sp³-hybridized carbons (Fsp3) is 0.636. The van der Waals surface area contributed by atoms with Gasteiger partial charge in [0.15, 0.2) is 0 Å². The third-order valence-corrected chi connectivity index (χ3v) is 4.30. The monoisotopic (exact) mass is 217 g/mol. The predicted molar refractivity (Wildman–Crippen MR) is 73.3 cm³/mol. The number of rotatable bonds is 1. The number of H-pyrrole nitrogens is 1. The lowest BCUT2D eigenvalue weighted by Crippen LogP contribution is -2.59. The van der Waals surface area contributed by atoms with Crippen LogP contribution in [0.5, 0.6) is 0 Å².